The Morgan fingerprint density at radius 3 is 2.67 bits per heavy atom. The van der Waals surface area contributed by atoms with Gasteiger partial charge in [0.15, 0.2) is 0 Å². The number of carbonyl (C=O) groups excluding carboxylic acids is 1. The second-order valence-electron chi connectivity index (χ2n) is 9.02. The molecule has 0 saturated carbocycles. The number of hydrogen-bond donors (Lipinski definition) is 1. The zero-order chi connectivity index (χ0) is 24.5. The number of halogens is 1. The highest BCUT2D eigenvalue weighted by Crippen LogP contribution is 2.35. The van der Waals surface area contributed by atoms with Crippen molar-refractivity contribution in [1.82, 2.24) is 10.3 Å². The van der Waals surface area contributed by atoms with E-state index < -0.39 is 0 Å². The van der Waals surface area contributed by atoms with E-state index in [-0.39, 0.29) is 36.8 Å². The van der Waals surface area contributed by atoms with Gasteiger partial charge in [-0.25, -0.2) is 4.98 Å². The van der Waals surface area contributed by atoms with Gasteiger partial charge in [0.1, 0.15) is 6.61 Å². The number of esters is 1. The molecule has 190 valence electrons. The summed E-state index contributed by atoms with van der Waals surface area (Å²) in [5.41, 5.74) is 5.70. The van der Waals surface area contributed by atoms with Gasteiger partial charge in [-0.3, -0.25) is 4.79 Å². The van der Waals surface area contributed by atoms with Gasteiger partial charge in [0, 0.05) is 24.7 Å². The van der Waals surface area contributed by atoms with Gasteiger partial charge in [0.2, 0.25) is 5.88 Å². The normalized spacial score (nSPS) is 14.0. The number of carbonyl (C=O) groups is 1. The molecule has 1 aromatic heterocycles. The van der Waals surface area contributed by atoms with E-state index >= 15 is 0 Å². The molecule has 0 aliphatic carbocycles. The Balaban J connectivity index is 0.00000361. The second-order valence-corrected chi connectivity index (χ2v) is 9.02. The van der Waals surface area contributed by atoms with Crippen LogP contribution in [0, 0.1) is 5.92 Å². The Bertz CT molecular complexity index is 1120. The summed E-state index contributed by atoms with van der Waals surface area (Å²) >= 11 is 0. The van der Waals surface area contributed by atoms with Gasteiger partial charge in [-0.2, -0.15) is 0 Å². The molecule has 6 heteroatoms. The van der Waals surface area contributed by atoms with Crippen molar-refractivity contribution in [1.29, 1.82) is 0 Å². The van der Waals surface area contributed by atoms with Crippen molar-refractivity contribution < 1.29 is 14.3 Å². The smallest absolute Gasteiger partial charge is 0.309 e. The van der Waals surface area contributed by atoms with Gasteiger partial charge < -0.3 is 14.8 Å². The molecule has 1 aliphatic rings. The Morgan fingerprint density at radius 1 is 1.11 bits per heavy atom. The number of hydrogen-bond acceptors (Lipinski definition) is 5. The predicted molar refractivity (Wildman–Crippen MR) is 146 cm³/mol. The fourth-order valence-corrected chi connectivity index (χ4v) is 4.53. The summed E-state index contributed by atoms with van der Waals surface area (Å²) in [5, 5.41) is 3.45. The van der Waals surface area contributed by atoms with Crippen LogP contribution < -0.4 is 10.1 Å². The summed E-state index contributed by atoms with van der Waals surface area (Å²) in [6, 6.07) is 20.2. The number of aromatic nitrogens is 1. The van der Waals surface area contributed by atoms with Gasteiger partial charge in [-0.05, 0) is 53.6 Å². The van der Waals surface area contributed by atoms with E-state index in [4.69, 9.17) is 9.47 Å². The summed E-state index contributed by atoms with van der Waals surface area (Å²) in [4.78, 5) is 17.7. The number of unbranched alkanes of at least 4 members (excludes halogenated alkanes) is 1. The summed E-state index contributed by atoms with van der Waals surface area (Å²) in [5.74, 6) is -0.188. The quantitative estimate of drug-likeness (QED) is 0.196. The molecule has 5 nitrogen and oxygen atoms in total. The van der Waals surface area contributed by atoms with Gasteiger partial charge in [0.25, 0.3) is 0 Å². The largest absolute Gasteiger partial charge is 0.478 e. The Hall–Kier alpha value is -3.15. The number of pyridine rings is 1. The zero-order valence-electron chi connectivity index (χ0n) is 20.8. The molecule has 2 aromatic carbocycles. The number of nitrogens with zero attached hydrogens (tertiary/aromatic N) is 1. The average molecular weight is 507 g/mol. The van der Waals surface area contributed by atoms with Crippen LogP contribution in [0.3, 0.4) is 0 Å². The molecule has 2 atom stereocenters. The van der Waals surface area contributed by atoms with E-state index in [0.29, 0.717) is 12.5 Å². The lowest BCUT2D eigenvalue weighted by Gasteiger charge is -2.26. The van der Waals surface area contributed by atoms with Crippen LogP contribution in [0.2, 0.25) is 0 Å². The summed E-state index contributed by atoms with van der Waals surface area (Å²) in [6.07, 6.45) is 6.55. The molecule has 2 heterocycles. The highest BCUT2D eigenvalue weighted by atomic mass is 35.5. The molecule has 2 unspecified atom stereocenters. The minimum atomic E-state index is -0.380. The Morgan fingerprint density at radius 2 is 1.92 bits per heavy atom. The first-order valence-corrected chi connectivity index (χ1v) is 12.4. The topological polar surface area (TPSA) is 60.5 Å². The van der Waals surface area contributed by atoms with Crippen LogP contribution in [-0.2, 0) is 29.1 Å². The lowest BCUT2D eigenvalue weighted by molar-refractivity contribution is -0.149. The Kier molecular flexibility index (Phi) is 10.5. The summed E-state index contributed by atoms with van der Waals surface area (Å²) in [6.45, 7) is 8.39. The van der Waals surface area contributed by atoms with Gasteiger partial charge >= 0.3 is 5.97 Å². The van der Waals surface area contributed by atoms with Crippen LogP contribution in [0.1, 0.15) is 53.5 Å². The average Bonchev–Trinajstić information content (AvgIpc) is 2.91. The number of ether oxygens (including phenoxy) is 2. The molecule has 0 saturated heterocycles. The first-order valence-electron chi connectivity index (χ1n) is 12.4. The number of rotatable bonds is 11. The Labute approximate surface area is 220 Å². The lowest BCUT2D eigenvalue weighted by Crippen LogP contribution is -2.25. The molecular weight excluding hydrogens is 472 g/mol. The third-order valence-electron chi connectivity index (χ3n) is 6.49. The molecule has 0 spiro atoms. The SMILES string of the molecule is C=CCCCOc1ccc(C(c2ccc3c(c2)CNCC3)C(C)C(=O)OCc2ccccc2)cn1.Cl. The van der Waals surface area contributed by atoms with Crippen LogP contribution in [-0.4, -0.2) is 24.1 Å². The standard InChI is InChI=1S/C30H34N2O3.ClH/c1-3-4-8-17-34-28-14-13-26(20-32-28)29(25-12-11-24-15-16-31-19-27(24)18-25)22(2)30(33)35-21-23-9-6-5-7-10-23;/h3,5-7,9-14,18,20,22,29,31H,1,4,8,15-17,19,21H2,2H3;1H. The number of allylic oxidation sites excluding steroid dienone is 1. The molecule has 4 rings (SSSR count). The molecule has 36 heavy (non-hydrogen) atoms. The van der Waals surface area contributed by atoms with Crippen molar-refractivity contribution in [2.75, 3.05) is 13.2 Å². The van der Waals surface area contributed by atoms with E-state index in [2.05, 4.69) is 35.1 Å². The maximum Gasteiger partial charge on any atom is 0.309 e. The van der Waals surface area contributed by atoms with Crippen molar-refractivity contribution in [3.8, 4) is 5.88 Å². The summed E-state index contributed by atoms with van der Waals surface area (Å²) < 4.78 is 11.5. The monoisotopic (exact) mass is 506 g/mol. The van der Waals surface area contributed by atoms with Gasteiger partial charge in [0.05, 0.1) is 12.5 Å². The van der Waals surface area contributed by atoms with Crippen LogP contribution >= 0.6 is 12.4 Å². The fourth-order valence-electron chi connectivity index (χ4n) is 4.53. The van der Waals surface area contributed by atoms with Crippen molar-refractivity contribution in [2.45, 2.75) is 45.3 Å². The van der Waals surface area contributed by atoms with E-state index in [1.165, 1.54) is 11.1 Å². The zero-order valence-corrected chi connectivity index (χ0v) is 21.6. The highest BCUT2D eigenvalue weighted by molar-refractivity contribution is 5.85. The van der Waals surface area contributed by atoms with Crippen molar-refractivity contribution in [3.05, 3.63) is 107 Å². The second kappa shape index (κ2) is 13.8. The molecular formula is C30H35ClN2O3. The molecule has 0 amide bonds. The van der Waals surface area contributed by atoms with Crippen LogP contribution in [0.25, 0.3) is 0 Å². The molecule has 1 aliphatic heterocycles. The number of nitrogens with one attached hydrogen (secondary N) is 1. The van der Waals surface area contributed by atoms with Crippen LogP contribution in [0.15, 0.2) is 79.5 Å². The van der Waals surface area contributed by atoms with E-state index in [0.717, 1.165) is 49.0 Å². The van der Waals surface area contributed by atoms with Crippen LogP contribution in [0.5, 0.6) is 5.88 Å². The van der Waals surface area contributed by atoms with E-state index in [1.807, 2.05) is 61.7 Å². The van der Waals surface area contributed by atoms with Crippen molar-refractivity contribution >= 4 is 18.4 Å². The van der Waals surface area contributed by atoms with Gasteiger partial charge in [-0.1, -0.05) is 67.6 Å². The maximum atomic E-state index is 13.2. The first kappa shape index (κ1) is 27.4. The molecule has 3 aromatic rings. The fraction of sp³-hybridized carbons (Fsp3) is 0.333. The molecule has 0 radical (unpaired) electrons. The summed E-state index contributed by atoms with van der Waals surface area (Å²) in [7, 11) is 0. The minimum Gasteiger partial charge on any atom is -0.478 e. The third kappa shape index (κ3) is 7.19. The van der Waals surface area contributed by atoms with Crippen molar-refractivity contribution in [2.24, 2.45) is 5.92 Å². The number of benzene rings is 2. The van der Waals surface area contributed by atoms with E-state index in [9.17, 15) is 4.79 Å². The predicted octanol–water partition coefficient (Wildman–Crippen LogP) is 6.01. The van der Waals surface area contributed by atoms with Crippen molar-refractivity contribution in [3.63, 3.8) is 0 Å². The van der Waals surface area contributed by atoms with E-state index in [1.54, 1.807) is 0 Å². The van der Waals surface area contributed by atoms with Gasteiger partial charge in [-0.15, -0.1) is 19.0 Å². The lowest BCUT2D eigenvalue weighted by atomic mass is 9.81. The number of fused-ring (bicyclic) bond motifs is 1. The molecule has 0 bridgehead atoms. The first-order chi connectivity index (χ1) is 17.2. The minimum absolute atomic E-state index is 0. The molecule has 1 N–H and O–H groups in total. The van der Waals surface area contributed by atoms with Crippen LogP contribution in [0.4, 0.5) is 0 Å². The third-order valence-corrected chi connectivity index (χ3v) is 6.49. The maximum absolute atomic E-state index is 13.2. The molecule has 0 fully saturated rings. The highest BCUT2D eigenvalue weighted by Gasteiger charge is 2.29.